The molecule has 150 valence electrons. The second-order valence-electron chi connectivity index (χ2n) is 7.37. The van der Waals surface area contributed by atoms with E-state index >= 15 is 0 Å². The second-order valence-corrected chi connectivity index (χ2v) is 8.45. The summed E-state index contributed by atoms with van der Waals surface area (Å²) in [5.41, 5.74) is 1.62. The highest BCUT2D eigenvalue weighted by atomic mass is 32.1. The SMILES string of the molecule is CC(C)(C)OC(=O)Nc1ccc(-c2ccc(C(=O)Nc3ccc(O)cc3)s2)cc1. The topological polar surface area (TPSA) is 87.7 Å². The molecule has 29 heavy (non-hydrogen) atoms. The number of nitrogens with one attached hydrogen (secondary N) is 2. The van der Waals surface area contributed by atoms with Gasteiger partial charge in [0.25, 0.3) is 5.91 Å². The molecule has 3 rings (SSSR count). The first-order chi connectivity index (χ1) is 13.7. The van der Waals surface area contributed by atoms with Crippen LogP contribution in [-0.4, -0.2) is 22.7 Å². The molecule has 0 aliphatic carbocycles. The van der Waals surface area contributed by atoms with E-state index in [-0.39, 0.29) is 11.7 Å². The van der Waals surface area contributed by atoms with E-state index in [9.17, 15) is 14.7 Å². The monoisotopic (exact) mass is 410 g/mol. The Bertz CT molecular complexity index is 1000. The molecular weight excluding hydrogens is 388 g/mol. The Kier molecular flexibility index (Phi) is 5.89. The molecule has 0 radical (unpaired) electrons. The third-order valence-corrected chi connectivity index (χ3v) is 4.90. The number of aromatic hydroxyl groups is 1. The number of thiophene rings is 1. The third-order valence-electron chi connectivity index (χ3n) is 3.77. The third kappa shape index (κ3) is 5.83. The fourth-order valence-electron chi connectivity index (χ4n) is 2.49. The predicted octanol–water partition coefficient (Wildman–Crippen LogP) is 5.72. The van der Waals surface area contributed by atoms with Crippen LogP contribution in [0.4, 0.5) is 16.2 Å². The molecule has 1 aromatic heterocycles. The fourth-order valence-corrected chi connectivity index (χ4v) is 3.40. The van der Waals surface area contributed by atoms with Gasteiger partial charge >= 0.3 is 6.09 Å². The zero-order valence-corrected chi connectivity index (χ0v) is 17.2. The molecule has 3 N–H and O–H groups in total. The highest BCUT2D eigenvalue weighted by Gasteiger charge is 2.16. The first-order valence-electron chi connectivity index (χ1n) is 9.00. The predicted molar refractivity (Wildman–Crippen MR) is 116 cm³/mol. The Morgan fingerprint density at radius 3 is 2.07 bits per heavy atom. The van der Waals surface area contributed by atoms with E-state index in [1.54, 1.807) is 30.3 Å². The van der Waals surface area contributed by atoms with Gasteiger partial charge in [0.05, 0.1) is 4.88 Å². The van der Waals surface area contributed by atoms with Gasteiger partial charge in [0.1, 0.15) is 11.4 Å². The zero-order valence-electron chi connectivity index (χ0n) is 16.4. The minimum atomic E-state index is -0.557. The van der Waals surface area contributed by atoms with Crippen molar-refractivity contribution in [3.63, 3.8) is 0 Å². The van der Waals surface area contributed by atoms with Crippen LogP contribution in [-0.2, 0) is 4.74 Å². The quantitative estimate of drug-likeness (QED) is 0.480. The average molecular weight is 410 g/mol. The Hall–Kier alpha value is -3.32. The van der Waals surface area contributed by atoms with Crippen molar-refractivity contribution in [3.8, 4) is 16.2 Å². The molecule has 0 fully saturated rings. The molecule has 2 amide bonds. The molecule has 1 heterocycles. The largest absolute Gasteiger partial charge is 0.508 e. The van der Waals surface area contributed by atoms with Crippen molar-refractivity contribution in [1.29, 1.82) is 0 Å². The Morgan fingerprint density at radius 1 is 0.862 bits per heavy atom. The molecule has 0 aliphatic heterocycles. The maximum Gasteiger partial charge on any atom is 0.412 e. The number of hydrogen-bond donors (Lipinski definition) is 3. The molecule has 7 heteroatoms. The lowest BCUT2D eigenvalue weighted by molar-refractivity contribution is 0.0635. The van der Waals surface area contributed by atoms with Gasteiger partial charge in [-0.2, -0.15) is 0 Å². The molecule has 0 atom stereocenters. The van der Waals surface area contributed by atoms with E-state index in [0.29, 0.717) is 16.3 Å². The maximum atomic E-state index is 12.4. The summed E-state index contributed by atoms with van der Waals surface area (Å²) in [5, 5.41) is 14.8. The molecule has 0 bridgehead atoms. The lowest BCUT2D eigenvalue weighted by Crippen LogP contribution is -2.27. The van der Waals surface area contributed by atoms with E-state index in [2.05, 4.69) is 10.6 Å². The number of rotatable bonds is 4. The van der Waals surface area contributed by atoms with Crippen LogP contribution in [0.3, 0.4) is 0 Å². The van der Waals surface area contributed by atoms with Crippen molar-refractivity contribution in [2.75, 3.05) is 10.6 Å². The number of phenolic OH excluding ortho intramolecular Hbond substituents is 1. The molecular formula is C22H22N2O4S. The second kappa shape index (κ2) is 8.36. The van der Waals surface area contributed by atoms with Gasteiger partial charge in [0, 0.05) is 16.3 Å². The van der Waals surface area contributed by atoms with Crippen LogP contribution in [0.25, 0.3) is 10.4 Å². The number of carbonyl (C=O) groups excluding carboxylic acids is 2. The number of benzene rings is 2. The van der Waals surface area contributed by atoms with E-state index in [0.717, 1.165) is 10.4 Å². The standard InChI is InChI=1S/C22H22N2O4S/c1-22(2,3)28-21(27)24-16-6-4-14(5-7-16)18-12-13-19(29-18)20(26)23-15-8-10-17(25)11-9-15/h4-13,25H,1-3H3,(H,23,26)(H,24,27). The van der Waals surface area contributed by atoms with Crippen molar-refractivity contribution in [1.82, 2.24) is 0 Å². The van der Waals surface area contributed by atoms with Crippen LogP contribution in [0.2, 0.25) is 0 Å². The minimum Gasteiger partial charge on any atom is -0.508 e. The van der Waals surface area contributed by atoms with E-state index in [4.69, 9.17) is 4.74 Å². The highest BCUT2D eigenvalue weighted by molar-refractivity contribution is 7.17. The van der Waals surface area contributed by atoms with Crippen molar-refractivity contribution < 1.29 is 19.4 Å². The molecule has 0 aliphatic rings. The van der Waals surface area contributed by atoms with Gasteiger partial charge in [-0.15, -0.1) is 11.3 Å². The summed E-state index contributed by atoms with van der Waals surface area (Å²) < 4.78 is 5.24. The summed E-state index contributed by atoms with van der Waals surface area (Å²) in [6, 6.07) is 17.3. The zero-order chi connectivity index (χ0) is 21.0. The van der Waals surface area contributed by atoms with Crippen molar-refractivity contribution >= 4 is 34.7 Å². The summed E-state index contributed by atoms with van der Waals surface area (Å²) in [5.74, 6) is -0.0684. The van der Waals surface area contributed by atoms with E-state index < -0.39 is 11.7 Å². The van der Waals surface area contributed by atoms with Crippen LogP contribution < -0.4 is 10.6 Å². The molecule has 0 saturated carbocycles. The van der Waals surface area contributed by atoms with Gasteiger partial charge in [-0.05, 0) is 74.9 Å². The Balaban J connectivity index is 1.64. The van der Waals surface area contributed by atoms with Crippen molar-refractivity contribution in [2.45, 2.75) is 26.4 Å². The van der Waals surface area contributed by atoms with Gasteiger partial charge in [0.15, 0.2) is 0 Å². The average Bonchev–Trinajstić information content (AvgIpc) is 3.13. The molecule has 3 aromatic rings. The van der Waals surface area contributed by atoms with Crippen LogP contribution >= 0.6 is 11.3 Å². The summed E-state index contributed by atoms with van der Waals surface area (Å²) in [7, 11) is 0. The molecule has 0 spiro atoms. The number of carbonyl (C=O) groups is 2. The number of phenols is 1. The van der Waals surface area contributed by atoms with Crippen LogP contribution in [0.15, 0.2) is 60.7 Å². The minimum absolute atomic E-state index is 0.144. The van der Waals surface area contributed by atoms with E-state index in [1.165, 1.54) is 23.5 Å². The van der Waals surface area contributed by atoms with Gasteiger partial charge in [-0.1, -0.05) is 12.1 Å². The molecule has 0 saturated heterocycles. The normalized spacial score (nSPS) is 11.0. The summed E-state index contributed by atoms with van der Waals surface area (Å²) >= 11 is 1.37. The number of hydrogen-bond acceptors (Lipinski definition) is 5. The Labute approximate surface area is 173 Å². The molecule has 0 unspecified atom stereocenters. The fraction of sp³-hybridized carbons (Fsp3) is 0.182. The first kappa shape index (κ1) is 20.4. The van der Waals surface area contributed by atoms with Crippen LogP contribution in [0.1, 0.15) is 30.4 Å². The summed E-state index contributed by atoms with van der Waals surface area (Å²) in [4.78, 5) is 25.8. The lowest BCUT2D eigenvalue weighted by Gasteiger charge is -2.19. The number of anilines is 2. The smallest absolute Gasteiger partial charge is 0.412 e. The van der Waals surface area contributed by atoms with Gasteiger partial charge in [-0.3, -0.25) is 10.1 Å². The van der Waals surface area contributed by atoms with Gasteiger partial charge in [0.2, 0.25) is 0 Å². The lowest BCUT2D eigenvalue weighted by atomic mass is 10.2. The van der Waals surface area contributed by atoms with E-state index in [1.807, 2.05) is 39.0 Å². The van der Waals surface area contributed by atoms with Crippen LogP contribution in [0.5, 0.6) is 5.75 Å². The Morgan fingerprint density at radius 2 is 1.45 bits per heavy atom. The van der Waals surface area contributed by atoms with Gasteiger partial charge < -0.3 is 15.2 Å². The van der Waals surface area contributed by atoms with Crippen LogP contribution in [0, 0.1) is 0 Å². The summed E-state index contributed by atoms with van der Waals surface area (Å²) in [6.45, 7) is 5.42. The van der Waals surface area contributed by atoms with Crippen molar-refractivity contribution in [3.05, 3.63) is 65.5 Å². The number of amides is 2. The first-order valence-corrected chi connectivity index (χ1v) is 9.82. The summed E-state index contributed by atoms with van der Waals surface area (Å²) in [6.07, 6.45) is -0.505. The molecule has 6 nitrogen and oxygen atoms in total. The maximum absolute atomic E-state index is 12.4. The van der Waals surface area contributed by atoms with Gasteiger partial charge in [-0.25, -0.2) is 4.79 Å². The number of ether oxygens (including phenoxy) is 1. The molecule has 2 aromatic carbocycles. The van der Waals surface area contributed by atoms with Crippen molar-refractivity contribution in [2.24, 2.45) is 0 Å². The highest BCUT2D eigenvalue weighted by Crippen LogP contribution is 2.29.